The quantitative estimate of drug-likeness (QED) is 0.907. The first-order valence-electron chi connectivity index (χ1n) is 7.14. The molecule has 110 valence electrons. The van der Waals surface area contributed by atoms with Gasteiger partial charge in [-0.25, -0.2) is 4.98 Å². The Hall–Kier alpha value is -2.27. The van der Waals surface area contributed by atoms with Crippen LogP contribution in [0.4, 0.5) is 22.9 Å². The number of ether oxygens (including phenoxy) is 1. The number of nitrogens with zero attached hydrogens (tertiary/aromatic N) is 2. The number of nitrogen functional groups attached to an aromatic ring is 1. The number of aromatic nitrogens is 1. The Morgan fingerprint density at radius 1 is 1.19 bits per heavy atom. The van der Waals surface area contributed by atoms with Crippen LogP contribution in [0.3, 0.4) is 0 Å². The minimum Gasteiger partial charge on any atom is -0.397 e. The predicted molar refractivity (Wildman–Crippen MR) is 86.1 cm³/mol. The summed E-state index contributed by atoms with van der Waals surface area (Å²) in [5.74, 6) is 0.806. The van der Waals surface area contributed by atoms with Crippen LogP contribution >= 0.6 is 0 Å². The summed E-state index contributed by atoms with van der Waals surface area (Å²) >= 11 is 0. The van der Waals surface area contributed by atoms with Crippen molar-refractivity contribution in [2.75, 3.05) is 42.3 Å². The van der Waals surface area contributed by atoms with E-state index < -0.39 is 0 Å². The normalized spacial score (nSPS) is 15.0. The molecule has 2 aromatic rings. The minimum atomic E-state index is 0.711. The average Bonchev–Trinajstić information content (AvgIpc) is 2.53. The van der Waals surface area contributed by atoms with Gasteiger partial charge in [-0.1, -0.05) is 0 Å². The number of aryl methyl sites for hydroxylation is 1. The lowest BCUT2D eigenvalue weighted by molar-refractivity contribution is 0.122. The first kappa shape index (κ1) is 13.7. The van der Waals surface area contributed by atoms with E-state index in [-0.39, 0.29) is 0 Å². The zero-order chi connectivity index (χ0) is 14.7. The Kier molecular flexibility index (Phi) is 3.92. The molecule has 1 aromatic heterocycles. The van der Waals surface area contributed by atoms with Crippen molar-refractivity contribution >= 4 is 22.9 Å². The number of nitrogens with two attached hydrogens (primary N) is 1. The third-order valence-corrected chi connectivity index (χ3v) is 3.67. The zero-order valence-corrected chi connectivity index (χ0v) is 12.2. The molecule has 0 unspecified atom stereocenters. The topological polar surface area (TPSA) is 63.4 Å². The van der Waals surface area contributed by atoms with E-state index in [0.29, 0.717) is 5.69 Å². The van der Waals surface area contributed by atoms with Crippen molar-refractivity contribution < 1.29 is 4.74 Å². The van der Waals surface area contributed by atoms with E-state index in [9.17, 15) is 0 Å². The van der Waals surface area contributed by atoms with Crippen molar-refractivity contribution in [3.8, 4) is 0 Å². The van der Waals surface area contributed by atoms with Crippen LogP contribution in [0.5, 0.6) is 0 Å². The summed E-state index contributed by atoms with van der Waals surface area (Å²) in [6, 6.07) is 10.3. The standard InChI is InChI=1S/C16H20N4O/c1-12-10-16(18-11-15(12)17)19-13-2-4-14(5-3-13)20-6-8-21-9-7-20/h2-5,10-11H,6-9,17H2,1H3,(H,18,19). The highest BCUT2D eigenvalue weighted by Crippen LogP contribution is 2.22. The number of nitrogens with one attached hydrogen (secondary N) is 1. The molecular weight excluding hydrogens is 264 g/mol. The van der Waals surface area contributed by atoms with Gasteiger partial charge in [0, 0.05) is 24.5 Å². The van der Waals surface area contributed by atoms with E-state index in [2.05, 4.69) is 39.5 Å². The van der Waals surface area contributed by atoms with E-state index >= 15 is 0 Å². The monoisotopic (exact) mass is 284 g/mol. The zero-order valence-electron chi connectivity index (χ0n) is 12.2. The van der Waals surface area contributed by atoms with Crippen molar-refractivity contribution in [3.05, 3.63) is 42.1 Å². The van der Waals surface area contributed by atoms with Crippen LogP contribution in [0, 0.1) is 6.92 Å². The molecule has 5 heteroatoms. The minimum absolute atomic E-state index is 0.711. The summed E-state index contributed by atoms with van der Waals surface area (Å²) < 4.78 is 5.37. The fourth-order valence-corrected chi connectivity index (χ4v) is 2.36. The summed E-state index contributed by atoms with van der Waals surface area (Å²) in [7, 11) is 0. The van der Waals surface area contributed by atoms with Gasteiger partial charge < -0.3 is 20.7 Å². The molecule has 5 nitrogen and oxygen atoms in total. The molecular formula is C16H20N4O. The lowest BCUT2D eigenvalue weighted by Crippen LogP contribution is -2.36. The van der Waals surface area contributed by atoms with E-state index in [1.807, 2.05) is 13.0 Å². The Bertz CT molecular complexity index is 606. The molecule has 0 aliphatic carbocycles. The first-order chi connectivity index (χ1) is 10.2. The Balaban J connectivity index is 1.70. The van der Waals surface area contributed by atoms with Crippen LogP contribution < -0.4 is 16.0 Å². The van der Waals surface area contributed by atoms with E-state index in [0.717, 1.165) is 43.4 Å². The van der Waals surface area contributed by atoms with Crippen LogP contribution in [0.1, 0.15) is 5.56 Å². The van der Waals surface area contributed by atoms with Gasteiger partial charge in [-0.2, -0.15) is 0 Å². The molecule has 0 atom stereocenters. The van der Waals surface area contributed by atoms with Gasteiger partial charge >= 0.3 is 0 Å². The SMILES string of the molecule is Cc1cc(Nc2ccc(N3CCOCC3)cc2)ncc1N. The fraction of sp³-hybridized carbons (Fsp3) is 0.312. The summed E-state index contributed by atoms with van der Waals surface area (Å²) in [6.07, 6.45) is 1.68. The van der Waals surface area contributed by atoms with E-state index in [1.54, 1.807) is 6.20 Å². The highest BCUT2D eigenvalue weighted by molar-refractivity contribution is 5.62. The predicted octanol–water partition coefficient (Wildman–Crippen LogP) is 2.55. The van der Waals surface area contributed by atoms with Gasteiger partial charge in [0.15, 0.2) is 0 Å². The van der Waals surface area contributed by atoms with Crippen LogP contribution in [-0.2, 0) is 4.74 Å². The first-order valence-corrected chi connectivity index (χ1v) is 7.14. The molecule has 2 heterocycles. The molecule has 0 radical (unpaired) electrons. The third kappa shape index (κ3) is 3.25. The van der Waals surface area contributed by atoms with Gasteiger partial charge in [0.25, 0.3) is 0 Å². The van der Waals surface area contributed by atoms with Crippen molar-refractivity contribution in [2.45, 2.75) is 6.92 Å². The summed E-state index contributed by atoms with van der Waals surface area (Å²) in [6.45, 7) is 5.48. The van der Waals surface area contributed by atoms with Crippen LogP contribution in [0.2, 0.25) is 0 Å². The molecule has 1 aliphatic heterocycles. The average molecular weight is 284 g/mol. The number of rotatable bonds is 3. The highest BCUT2D eigenvalue weighted by Gasteiger charge is 2.10. The van der Waals surface area contributed by atoms with Gasteiger partial charge in [0.1, 0.15) is 5.82 Å². The van der Waals surface area contributed by atoms with Gasteiger partial charge in [-0.15, -0.1) is 0 Å². The van der Waals surface area contributed by atoms with Crippen LogP contribution in [0.25, 0.3) is 0 Å². The van der Waals surface area contributed by atoms with Crippen molar-refractivity contribution in [2.24, 2.45) is 0 Å². The molecule has 0 spiro atoms. The molecule has 0 bridgehead atoms. The van der Waals surface area contributed by atoms with Crippen molar-refractivity contribution in [3.63, 3.8) is 0 Å². The number of benzene rings is 1. The molecule has 1 fully saturated rings. The number of pyridine rings is 1. The second kappa shape index (κ2) is 6.01. The molecule has 3 N–H and O–H groups in total. The maximum absolute atomic E-state index is 5.78. The Morgan fingerprint density at radius 2 is 1.90 bits per heavy atom. The molecule has 0 saturated carbocycles. The number of anilines is 4. The fourth-order valence-electron chi connectivity index (χ4n) is 2.36. The molecule has 21 heavy (non-hydrogen) atoms. The maximum Gasteiger partial charge on any atom is 0.130 e. The maximum atomic E-state index is 5.78. The lowest BCUT2D eigenvalue weighted by Gasteiger charge is -2.28. The number of hydrogen-bond donors (Lipinski definition) is 2. The summed E-state index contributed by atoms with van der Waals surface area (Å²) in [5.41, 5.74) is 9.76. The third-order valence-electron chi connectivity index (χ3n) is 3.67. The second-order valence-corrected chi connectivity index (χ2v) is 5.20. The highest BCUT2D eigenvalue weighted by atomic mass is 16.5. The van der Waals surface area contributed by atoms with Crippen molar-refractivity contribution in [1.29, 1.82) is 0 Å². The van der Waals surface area contributed by atoms with Gasteiger partial charge in [0.2, 0.25) is 0 Å². The largest absolute Gasteiger partial charge is 0.397 e. The molecule has 3 rings (SSSR count). The van der Waals surface area contributed by atoms with Crippen LogP contribution in [0.15, 0.2) is 36.5 Å². The summed E-state index contributed by atoms with van der Waals surface area (Å²) in [4.78, 5) is 6.62. The van der Waals surface area contributed by atoms with E-state index in [1.165, 1.54) is 5.69 Å². The molecule has 1 aliphatic rings. The molecule has 0 amide bonds. The van der Waals surface area contributed by atoms with Gasteiger partial charge in [0.05, 0.1) is 25.1 Å². The van der Waals surface area contributed by atoms with Gasteiger partial charge in [-0.3, -0.25) is 0 Å². The Morgan fingerprint density at radius 3 is 2.57 bits per heavy atom. The molecule has 1 saturated heterocycles. The number of hydrogen-bond acceptors (Lipinski definition) is 5. The lowest BCUT2D eigenvalue weighted by atomic mass is 10.2. The number of morpholine rings is 1. The van der Waals surface area contributed by atoms with Crippen molar-refractivity contribution in [1.82, 2.24) is 4.98 Å². The smallest absolute Gasteiger partial charge is 0.130 e. The molecule has 1 aromatic carbocycles. The summed E-state index contributed by atoms with van der Waals surface area (Å²) in [5, 5.41) is 3.29. The van der Waals surface area contributed by atoms with Crippen LogP contribution in [-0.4, -0.2) is 31.3 Å². The Labute approximate surface area is 124 Å². The second-order valence-electron chi connectivity index (χ2n) is 5.20. The van der Waals surface area contributed by atoms with E-state index in [4.69, 9.17) is 10.5 Å². The van der Waals surface area contributed by atoms with Gasteiger partial charge in [-0.05, 0) is 42.8 Å².